The number of carbonyl (C=O) groups excluding carboxylic acids is 1. The molecule has 1 saturated carbocycles. The van der Waals surface area contributed by atoms with E-state index >= 15 is 0 Å². The fourth-order valence-electron chi connectivity index (χ4n) is 3.32. The minimum Gasteiger partial charge on any atom is -0.480 e. The lowest BCUT2D eigenvalue weighted by molar-refractivity contribution is -0.148. The molecule has 1 saturated heterocycles. The lowest BCUT2D eigenvalue weighted by atomic mass is 10.0. The summed E-state index contributed by atoms with van der Waals surface area (Å²) >= 11 is 3.45. The molecule has 0 aromatic heterocycles. The van der Waals surface area contributed by atoms with E-state index in [1.54, 1.807) is 4.90 Å². The maximum absolute atomic E-state index is 12.8. The standard InChI is InChI=1S/C17H20BrNO4/c18-12-3-1-2-11(8-12)14-9-15(14)17(22)19(10-16(20)21)13-4-6-23-7-5-13/h1-3,8,13-15H,4-7,9-10H2,(H,20,21)/t14-,15-/m1/s1. The lowest BCUT2D eigenvalue weighted by Gasteiger charge is -2.33. The fourth-order valence-corrected chi connectivity index (χ4v) is 3.73. The molecule has 1 aliphatic heterocycles. The Balaban J connectivity index is 1.70. The molecule has 0 spiro atoms. The molecule has 124 valence electrons. The van der Waals surface area contributed by atoms with Crippen molar-refractivity contribution in [3.05, 3.63) is 34.3 Å². The summed E-state index contributed by atoms with van der Waals surface area (Å²) in [6.45, 7) is 0.965. The molecule has 1 amide bonds. The van der Waals surface area contributed by atoms with Crippen LogP contribution in [-0.4, -0.2) is 47.7 Å². The van der Waals surface area contributed by atoms with E-state index in [-0.39, 0.29) is 30.3 Å². The first-order valence-corrected chi connectivity index (χ1v) is 8.71. The van der Waals surface area contributed by atoms with Crippen molar-refractivity contribution >= 4 is 27.8 Å². The van der Waals surface area contributed by atoms with Gasteiger partial charge in [-0.1, -0.05) is 28.1 Å². The molecule has 0 bridgehead atoms. The third-order valence-corrected chi connectivity index (χ3v) is 5.10. The van der Waals surface area contributed by atoms with E-state index in [1.165, 1.54) is 0 Å². The van der Waals surface area contributed by atoms with Crippen LogP contribution in [0.25, 0.3) is 0 Å². The normalized spacial score (nSPS) is 24.2. The van der Waals surface area contributed by atoms with Crippen molar-refractivity contribution in [2.75, 3.05) is 19.8 Å². The van der Waals surface area contributed by atoms with Crippen LogP contribution >= 0.6 is 15.9 Å². The summed E-state index contributed by atoms with van der Waals surface area (Å²) in [5, 5.41) is 9.15. The second kappa shape index (κ2) is 7.01. The summed E-state index contributed by atoms with van der Waals surface area (Å²) in [5.41, 5.74) is 1.14. The van der Waals surface area contributed by atoms with Crippen LogP contribution in [0, 0.1) is 5.92 Å². The summed E-state index contributed by atoms with van der Waals surface area (Å²) in [5.74, 6) is -0.864. The van der Waals surface area contributed by atoms with E-state index in [9.17, 15) is 9.59 Å². The minimum atomic E-state index is -0.954. The zero-order chi connectivity index (χ0) is 16.4. The van der Waals surface area contributed by atoms with Crippen LogP contribution in [0.1, 0.15) is 30.7 Å². The number of benzene rings is 1. The van der Waals surface area contributed by atoms with Gasteiger partial charge in [0.2, 0.25) is 5.91 Å². The topological polar surface area (TPSA) is 66.8 Å². The maximum Gasteiger partial charge on any atom is 0.323 e. The lowest BCUT2D eigenvalue weighted by Crippen LogP contribution is -2.46. The Kier molecular flexibility index (Phi) is 5.02. The summed E-state index contributed by atoms with van der Waals surface area (Å²) in [4.78, 5) is 25.5. The van der Waals surface area contributed by atoms with Gasteiger partial charge in [0, 0.05) is 29.6 Å². The van der Waals surface area contributed by atoms with Crippen LogP contribution in [-0.2, 0) is 14.3 Å². The number of carboxylic acids is 1. The Hall–Kier alpha value is -1.40. The fraction of sp³-hybridized carbons (Fsp3) is 0.529. The number of carbonyl (C=O) groups is 2. The highest BCUT2D eigenvalue weighted by Gasteiger charge is 2.47. The number of rotatable bonds is 5. The Bertz CT molecular complexity index is 600. The van der Waals surface area contributed by atoms with Gasteiger partial charge in [0.1, 0.15) is 6.54 Å². The van der Waals surface area contributed by atoms with Gasteiger partial charge in [0.25, 0.3) is 0 Å². The summed E-state index contributed by atoms with van der Waals surface area (Å²) in [6.07, 6.45) is 2.23. The van der Waals surface area contributed by atoms with Crippen molar-refractivity contribution in [2.45, 2.75) is 31.2 Å². The van der Waals surface area contributed by atoms with Gasteiger partial charge in [-0.05, 0) is 42.9 Å². The van der Waals surface area contributed by atoms with Gasteiger partial charge >= 0.3 is 5.97 Å². The van der Waals surface area contributed by atoms with Crippen molar-refractivity contribution in [1.29, 1.82) is 0 Å². The first-order valence-electron chi connectivity index (χ1n) is 7.91. The van der Waals surface area contributed by atoms with E-state index in [1.807, 2.05) is 24.3 Å². The van der Waals surface area contributed by atoms with Crippen molar-refractivity contribution in [3.63, 3.8) is 0 Å². The van der Waals surface area contributed by atoms with Gasteiger partial charge in [0.05, 0.1) is 0 Å². The molecule has 2 atom stereocenters. The van der Waals surface area contributed by atoms with Crippen LogP contribution in [0.3, 0.4) is 0 Å². The molecule has 2 fully saturated rings. The third-order valence-electron chi connectivity index (χ3n) is 4.60. The largest absolute Gasteiger partial charge is 0.480 e. The van der Waals surface area contributed by atoms with E-state index < -0.39 is 5.97 Å². The van der Waals surface area contributed by atoms with Gasteiger partial charge in [-0.3, -0.25) is 9.59 Å². The first-order chi connectivity index (χ1) is 11.1. The van der Waals surface area contributed by atoms with Crippen LogP contribution in [0.4, 0.5) is 0 Å². The summed E-state index contributed by atoms with van der Waals surface area (Å²) in [7, 11) is 0. The van der Waals surface area contributed by atoms with Crippen molar-refractivity contribution in [1.82, 2.24) is 4.90 Å². The Morgan fingerprint density at radius 3 is 2.70 bits per heavy atom. The van der Waals surface area contributed by atoms with Gasteiger partial charge in [-0.2, -0.15) is 0 Å². The number of halogens is 1. The summed E-state index contributed by atoms with van der Waals surface area (Å²) in [6, 6.07) is 7.97. The predicted octanol–water partition coefficient (Wildman–Crippen LogP) is 2.64. The average molecular weight is 382 g/mol. The molecule has 1 aromatic rings. The second-order valence-electron chi connectivity index (χ2n) is 6.21. The molecule has 3 rings (SSSR count). The number of ether oxygens (including phenoxy) is 1. The van der Waals surface area contributed by atoms with E-state index in [0.29, 0.717) is 26.1 Å². The Morgan fingerprint density at radius 2 is 2.04 bits per heavy atom. The number of nitrogens with zero attached hydrogens (tertiary/aromatic N) is 1. The molecular weight excluding hydrogens is 362 g/mol. The molecule has 6 heteroatoms. The number of aliphatic carboxylic acids is 1. The quantitative estimate of drug-likeness (QED) is 0.851. The molecule has 1 N–H and O–H groups in total. The van der Waals surface area contributed by atoms with Gasteiger partial charge in [-0.25, -0.2) is 0 Å². The van der Waals surface area contributed by atoms with Crippen molar-refractivity contribution in [3.8, 4) is 0 Å². The van der Waals surface area contributed by atoms with Crippen LogP contribution in [0.15, 0.2) is 28.7 Å². The monoisotopic (exact) mass is 381 g/mol. The molecule has 0 unspecified atom stereocenters. The van der Waals surface area contributed by atoms with Crippen molar-refractivity contribution in [2.24, 2.45) is 5.92 Å². The zero-order valence-electron chi connectivity index (χ0n) is 12.8. The van der Waals surface area contributed by atoms with Crippen LogP contribution < -0.4 is 0 Å². The van der Waals surface area contributed by atoms with E-state index in [4.69, 9.17) is 9.84 Å². The smallest absolute Gasteiger partial charge is 0.323 e. The highest BCUT2D eigenvalue weighted by Crippen LogP contribution is 2.49. The number of amides is 1. The van der Waals surface area contributed by atoms with Gasteiger partial charge in [0.15, 0.2) is 0 Å². The first kappa shape index (κ1) is 16.5. The Labute approximate surface area is 143 Å². The molecule has 1 heterocycles. The maximum atomic E-state index is 12.8. The van der Waals surface area contributed by atoms with E-state index in [0.717, 1.165) is 16.5 Å². The van der Waals surface area contributed by atoms with Crippen LogP contribution in [0.2, 0.25) is 0 Å². The Morgan fingerprint density at radius 1 is 1.30 bits per heavy atom. The zero-order valence-corrected chi connectivity index (χ0v) is 14.4. The summed E-state index contributed by atoms with van der Waals surface area (Å²) < 4.78 is 6.32. The SMILES string of the molecule is O=C(O)CN(C(=O)[C@@H]1C[C@@H]1c1cccc(Br)c1)C1CCOCC1. The highest BCUT2D eigenvalue weighted by molar-refractivity contribution is 9.10. The molecule has 1 aliphatic carbocycles. The molecule has 1 aromatic carbocycles. The molecule has 0 radical (unpaired) electrons. The minimum absolute atomic E-state index is 0.0175. The molecule has 5 nitrogen and oxygen atoms in total. The molecular formula is C17H20BrNO4. The van der Waals surface area contributed by atoms with Gasteiger partial charge in [-0.15, -0.1) is 0 Å². The van der Waals surface area contributed by atoms with Gasteiger partial charge < -0.3 is 14.7 Å². The number of carboxylic acid groups (broad SMARTS) is 1. The number of hydrogen-bond acceptors (Lipinski definition) is 3. The van der Waals surface area contributed by atoms with E-state index in [2.05, 4.69) is 15.9 Å². The molecule has 2 aliphatic rings. The predicted molar refractivity (Wildman–Crippen MR) is 88.2 cm³/mol. The third kappa shape index (κ3) is 3.93. The number of hydrogen-bond donors (Lipinski definition) is 1. The second-order valence-corrected chi connectivity index (χ2v) is 7.12. The van der Waals surface area contributed by atoms with Crippen molar-refractivity contribution < 1.29 is 19.4 Å². The molecule has 23 heavy (non-hydrogen) atoms. The average Bonchev–Trinajstić information content (AvgIpc) is 3.33. The highest BCUT2D eigenvalue weighted by atomic mass is 79.9. The van der Waals surface area contributed by atoms with Crippen LogP contribution in [0.5, 0.6) is 0 Å².